The molecular weight excluding hydrogens is 285 g/mol. The van der Waals surface area contributed by atoms with Crippen LogP contribution < -0.4 is 0 Å². The van der Waals surface area contributed by atoms with Crippen LogP contribution in [-0.4, -0.2) is 22.4 Å². The zero-order valence-corrected chi connectivity index (χ0v) is 10.6. The summed E-state index contributed by atoms with van der Waals surface area (Å²) in [6, 6.07) is 2.17. The maximum Gasteiger partial charge on any atom is 0.402 e. The molecule has 0 heterocycles. The standard InChI is InChI=1S/C12H12F5NO2/c1-11(2,12(15,16)17)10(19)18(20)6-7-3-8(13)5-9(14)4-7/h3-5,20H,6H2,1-2H3. The summed E-state index contributed by atoms with van der Waals surface area (Å²) in [4.78, 5) is 11.6. The number of carbonyl (C=O) groups excluding carboxylic acids is 1. The fraction of sp³-hybridized carbons (Fsp3) is 0.417. The van der Waals surface area contributed by atoms with E-state index < -0.39 is 35.7 Å². The smallest absolute Gasteiger partial charge is 0.286 e. The molecule has 20 heavy (non-hydrogen) atoms. The summed E-state index contributed by atoms with van der Waals surface area (Å²) in [6.07, 6.45) is -4.86. The van der Waals surface area contributed by atoms with Crippen molar-refractivity contribution in [2.24, 2.45) is 5.41 Å². The topological polar surface area (TPSA) is 40.5 Å². The lowest BCUT2D eigenvalue weighted by atomic mass is 9.91. The average Bonchev–Trinajstić information content (AvgIpc) is 2.24. The van der Waals surface area contributed by atoms with Crippen LogP contribution in [0.1, 0.15) is 19.4 Å². The minimum Gasteiger partial charge on any atom is -0.286 e. The summed E-state index contributed by atoms with van der Waals surface area (Å²) in [5.74, 6) is -3.54. The Morgan fingerprint density at radius 2 is 1.60 bits per heavy atom. The Balaban J connectivity index is 2.91. The Labute approximate surface area is 111 Å². The van der Waals surface area contributed by atoms with Gasteiger partial charge in [0.25, 0.3) is 5.91 Å². The number of rotatable bonds is 3. The lowest BCUT2D eigenvalue weighted by Gasteiger charge is -2.29. The maximum atomic E-state index is 12.9. The van der Waals surface area contributed by atoms with Gasteiger partial charge in [0.05, 0.1) is 6.54 Å². The van der Waals surface area contributed by atoms with Gasteiger partial charge in [0, 0.05) is 6.07 Å². The first-order chi connectivity index (χ1) is 8.95. The predicted molar refractivity (Wildman–Crippen MR) is 58.5 cm³/mol. The molecule has 0 spiro atoms. The number of hydrogen-bond donors (Lipinski definition) is 1. The van der Waals surface area contributed by atoms with Gasteiger partial charge in [-0.2, -0.15) is 13.2 Å². The van der Waals surface area contributed by atoms with Crippen LogP contribution in [0.4, 0.5) is 22.0 Å². The first-order valence-electron chi connectivity index (χ1n) is 5.47. The predicted octanol–water partition coefficient (Wildman–Crippen LogP) is 3.27. The van der Waals surface area contributed by atoms with Crippen LogP contribution in [0, 0.1) is 17.0 Å². The maximum absolute atomic E-state index is 12.9. The summed E-state index contributed by atoms with van der Waals surface area (Å²) in [7, 11) is 0. The van der Waals surface area contributed by atoms with Gasteiger partial charge in [-0.05, 0) is 31.5 Å². The number of alkyl halides is 3. The molecule has 0 bridgehead atoms. The largest absolute Gasteiger partial charge is 0.402 e. The SMILES string of the molecule is CC(C)(C(=O)N(O)Cc1cc(F)cc(F)c1)C(F)(F)F. The Bertz CT molecular complexity index is 493. The van der Waals surface area contributed by atoms with Gasteiger partial charge in [-0.1, -0.05) is 0 Å². The number of amides is 1. The molecule has 0 aromatic heterocycles. The molecule has 0 aliphatic carbocycles. The summed E-state index contributed by atoms with van der Waals surface area (Å²) in [5, 5.41) is 9.18. The van der Waals surface area contributed by atoms with E-state index >= 15 is 0 Å². The molecule has 1 N–H and O–H groups in total. The minimum atomic E-state index is -4.86. The molecule has 1 aromatic carbocycles. The van der Waals surface area contributed by atoms with Crippen molar-refractivity contribution in [3.8, 4) is 0 Å². The second-order valence-electron chi connectivity index (χ2n) is 4.76. The van der Waals surface area contributed by atoms with E-state index in [1.807, 2.05) is 0 Å². The quantitative estimate of drug-likeness (QED) is 0.528. The van der Waals surface area contributed by atoms with Crippen LogP contribution in [0.2, 0.25) is 0 Å². The highest BCUT2D eigenvalue weighted by atomic mass is 19.4. The van der Waals surface area contributed by atoms with E-state index in [1.54, 1.807) is 0 Å². The summed E-state index contributed by atoms with van der Waals surface area (Å²) in [5.41, 5.74) is -2.98. The van der Waals surface area contributed by atoms with Crippen molar-refractivity contribution >= 4 is 5.91 Å². The number of halogens is 5. The van der Waals surface area contributed by atoms with Crippen molar-refractivity contribution in [3.63, 3.8) is 0 Å². The molecule has 1 rings (SSSR count). The van der Waals surface area contributed by atoms with Crippen LogP contribution >= 0.6 is 0 Å². The van der Waals surface area contributed by atoms with Crippen molar-refractivity contribution in [1.82, 2.24) is 5.06 Å². The lowest BCUT2D eigenvalue weighted by molar-refractivity contribution is -0.234. The Hall–Kier alpha value is -1.70. The molecule has 112 valence electrons. The molecule has 0 fully saturated rings. The molecule has 0 aliphatic heterocycles. The Kier molecular flexibility index (Phi) is 4.38. The molecule has 8 heteroatoms. The zero-order valence-electron chi connectivity index (χ0n) is 10.6. The highest BCUT2D eigenvalue weighted by Crippen LogP contribution is 2.38. The summed E-state index contributed by atoms with van der Waals surface area (Å²) in [6.45, 7) is 0.447. The van der Waals surface area contributed by atoms with Gasteiger partial charge in [-0.25, -0.2) is 13.8 Å². The van der Waals surface area contributed by atoms with E-state index in [9.17, 15) is 32.0 Å². The fourth-order valence-electron chi connectivity index (χ4n) is 1.39. The van der Waals surface area contributed by atoms with Crippen LogP contribution in [0.3, 0.4) is 0 Å². The van der Waals surface area contributed by atoms with Gasteiger partial charge in [0.2, 0.25) is 0 Å². The highest BCUT2D eigenvalue weighted by Gasteiger charge is 2.54. The molecule has 0 saturated carbocycles. The van der Waals surface area contributed by atoms with Crippen molar-refractivity contribution in [2.45, 2.75) is 26.6 Å². The van der Waals surface area contributed by atoms with Gasteiger partial charge in [0.15, 0.2) is 0 Å². The Morgan fingerprint density at radius 1 is 1.15 bits per heavy atom. The van der Waals surface area contributed by atoms with E-state index in [0.29, 0.717) is 19.9 Å². The van der Waals surface area contributed by atoms with Crippen LogP contribution in [0.25, 0.3) is 0 Å². The van der Waals surface area contributed by atoms with Gasteiger partial charge >= 0.3 is 6.18 Å². The monoisotopic (exact) mass is 297 g/mol. The Morgan fingerprint density at radius 3 is 2.00 bits per heavy atom. The van der Waals surface area contributed by atoms with E-state index in [-0.39, 0.29) is 10.6 Å². The van der Waals surface area contributed by atoms with E-state index in [1.165, 1.54) is 0 Å². The van der Waals surface area contributed by atoms with Crippen molar-refractivity contribution < 1.29 is 32.0 Å². The van der Waals surface area contributed by atoms with Crippen LogP contribution in [-0.2, 0) is 11.3 Å². The first-order valence-corrected chi connectivity index (χ1v) is 5.47. The minimum absolute atomic E-state index is 0.170. The number of benzene rings is 1. The summed E-state index contributed by atoms with van der Waals surface area (Å²) >= 11 is 0. The molecule has 3 nitrogen and oxygen atoms in total. The van der Waals surface area contributed by atoms with Gasteiger partial charge in [-0.3, -0.25) is 10.0 Å². The number of carbonyl (C=O) groups is 1. The molecule has 0 saturated heterocycles. The third-order valence-electron chi connectivity index (χ3n) is 2.73. The zero-order chi connectivity index (χ0) is 15.7. The van der Waals surface area contributed by atoms with Gasteiger partial charge < -0.3 is 0 Å². The lowest BCUT2D eigenvalue weighted by Crippen LogP contribution is -2.47. The van der Waals surface area contributed by atoms with E-state index in [0.717, 1.165) is 12.1 Å². The second-order valence-corrected chi connectivity index (χ2v) is 4.76. The molecule has 0 unspecified atom stereocenters. The van der Waals surface area contributed by atoms with Crippen molar-refractivity contribution in [2.75, 3.05) is 0 Å². The van der Waals surface area contributed by atoms with E-state index in [2.05, 4.69) is 0 Å². The highest BCUT2D eigenvalue weighted by molar-refractivity contribution is 5.81. The van der Waals surface area contributed by atoms with Crippen molar-refractivity contribution in [1.29, 1.82) is 0 Å². The van der Waals surface area contributed by atoms with Gasteiger partial charge in [-0.15, -0.1) is 0 Å². The second kappa shape index (κ2) is 5.35. The number of hydroxylamine groups is 2. The third-order valence-corrected chi connectivity index (χ3v) is 2.73. The van der Waals surface area contributed by atoms with Crippen LogP contribution in [0.15, 0.2) is 18.2 Å². The average molecular weight is 297 g/mol. The summed E-state index contributed by atoms with van der Waals surface area (Å²) < 4.78 is 63.7. The first kappa shape index (κ1) is 16.4. The van der Waals surface area contributed by atoms with Gasteiger partial charge in [0.1, 0.15) is 17.0 Å². The molecule has 0 radical (unpaired) electrons. The molecule has 0 atom stereocenters. The van der Waals surface area contributed by atoms with Crippen LogP contribution in [0.5, 0.6) is 0 Å². The normalized spacial score (nSPS) is 12.4. The third kappa shape index (κ3) is 3.44. The fourth-order valence-corrected chi connectivity index (χ4v) is 1.39. The molecular formula is C12H12F5NO2. The number of nitrogens with zero attached hydrogens (tertiary/aromatic N) is 1. The van der Waals surface area contributed by atoms with E-state index in [4.69, 9.17) is 0 Å². The molecule has 1 aromatic rings. The molecule has 0 aliphatic rings. The van der Waals surface area contributed by atoms with Crippen molar-refractivity contribution in [3.05, 3.63) is 35.4 Å². The number of hydrogen-bond acceptors (Lipinski definition) is 2. The molecule has 1 amide bonds.